The van der Waals surface area contributed by atoms with Crippen molar-refractivity contribution in [2.75, 3.05) is 19.8 Å². The van der Waals surface area contributed by atoms with Gasteiger partial charge in [0.25, 0.3) is 0 Å². The molecule has 1 aliphatic rings. The van der Waals surface area contributed by atoms with Crippen LogP contribution in [0.3, 0.4) is 0 Å². The van der Waals surface area contributed by atoms with E-state index in [9.17, 15) is 0 Å². The van der Waals surface area contributed by atoms with Gasteiger partial charge in [-0.25, -0.2) is 0 Å². The molecular formula is C8H13N3. The first-order chi connectivity index (χ1) is 5.50. The Labute approximate surface area is 66.8 Å². The molecule has 1 fully saturated rings. The summed E-state index contributed by atoms with van der Waals surface area (Å²) in [6.07, 6.45) is 3.50. The Bertz CT molecular complexity index is 126. The first-order valence-corrected chi connectivity index (χ1v) is 3.76. The number of nitrogens with zero attached hydrogens (tertiary/aromatic N) is 1. The monoisotopic (exact) mass is 151 g/mol. The van der Waals surface area contributed by atoms with Crippen molar-refractivity contribution in [3.05, 3.63) is 30.6 Å². The van der Waals surface area contributed by atoms with Gasteiger partial charge in [-0.2, -0.15) is 0 Å². The van der Waals surface area contributed by atoms with Crippen molar-refractivity contribution in [3.8, 4) is 0 Å². The van der Waals surface area contributed by atoms with Crippen molar-refractivity contribution in [1.29, 1.82) is 0 Å². The summed E-state index contributed by atoms with van der Waals surface area (Å²) in [6, 6.07) is 5.72. The quantitative estimate of drug-likeness (QED) is 0.557. The third-order valence-corrected chi connectivity index (χ3v) is 1.30. The Morgan fingerprint density at radius 3 is 1.73 bits per heavy atom. The lowest BCUT2D eigenvalue weighted by molar-refractivity contribution is 0.807. The second-order valence-electron chi connectivity index (χ2n) is 2.20. The van der Waals surface area contributed by atoms with Crippen molar-refractivity contribution in [2.24, 2.45) is 0 Å². The van der Waals surface area contributed by atoms with Crippen LogP contribution in [0.15, 0.2) is 30.6 Å². The van der Waals surface area contributed by atoms with Gasteiger partial charge in [0.05, 0.1) is 0 Å². The first-order valence-electron chi connectivity index (χ1n) is 3.76. The number of nitrogens with one attached hydrogen (secondary N) is 2. The predicted molar refractivity (Wildman–Crippen MR) is 45.1 cm³/mol. The Morgan fingerprint density at radius 1 is 0.909 bits per heavy atom. The van der Waals surface area contributed by atoms with Crippen molar-refractivity contribution in [3.63, 3.8) is 0 Å². The molecule has 0 atom stereocenters. The molecule has 1 aromatic heterocycles. The van der Waals surface area contributed by atoms with Gasteiger partial charge in [-0.3, -0.25) is 4.98 Å². The lowest BCUT2D eigenvalue weighted by Gasteiger charge is -1.77. The summed E-state index contributed by atoms with van der Waals surface area (Å²) in [5.74, 6) is 0. The van der Waals surface area contributed by atoms with Crippen LogP contribution in [0.2, 0.25) is 0 Å². The van der Waals surface area contributed by atoms with Crippen LogP contribution in [-0.2, 0) is 0 Å². The predicted octanol–water partition coefficient (Wildman–Crippen LogP) is 0.218. The van der Waals surface area contributed by atoms with Crippen molar-refractivity contribution >= 4 is 0 Å². The molecule has 1 saturated heterocycles. The van der Waals surface area contributed by atoms with Crippen LogP contribution in [0.4, 0.5) is 0 Å². The third kappa shape index (κ3) is 4.47. The van der Waals surface area contributed by atoms with E-state index in [0.29, 0.717) is 0 Å². The van der Waals surface area contributed by atoms with Gasteiger partial charge in [-0.1, -0.05) is 6.07 Å². The lowest BCUT2D eigenvalue weighted by atomic mass is 10.5. The maximum absolute atomic E-state index is 3.78. The average molecular weight is 151 g/mol. The number of hydrogen-bond acceptors (Lipinski definition) is 3. The van der Waals surface area contributed by atoms with Gasteiger partial charge >= 0.3 is 0 Å². The fourth-order valence-electron chi connectivity index (χ4n) is 0.755. The molecule has 1 aliphatic heterocycles. The highest BCUT2D eigenvalue weighted by Gasteiger charge is 1.90. The summed E-state index contributed by atoms with van der Waals surface area (Å²) < 4.78 is 0. The van der Waals surface area contributed by atoms with Crippen LogP contribution >= 0.6 is 0 Å². The van der Waals surface area contributed by atoms with Crippen LogP contribution in [0.5, 0.6) is 0 Å². The van der Waals surface area contributed by atoms with E-state index >= 15 is 0 Å². The Balaban J connectivity index is 0.000000112. The average Bonchev–Trinajstić information content (AvgIpc) is 2.64. The summed E-state index contributed by atoms with van der Waals surface area (Å²) in [5, 5.41) is 6.22. The molecule has 0 aromatic carbocycles. The SMILES string of the molecule is C1CNCN1.c1ccncc1. The smallest absolute Gasteiger partial charge is 0.0455 e. The molecule has 2 heterocycles. The molecule has 0 spiro atoms. The summed E-state index contributed by atoms with van der Waals surface area (Å²) in [5.41, 5.74) is 0. The van der Waals surface area contributed by atoms with E-state index in [2.05, 4.69) is 15.6 Å². The summed E-state index contributed by atoms with van der Waals surface area (Å²) in [6.45, 7) is 3.28. The zero-order valence-corrected chi connectivity index (χ0v) is 6.46. The Morgan fingerprint density at radius 2 is 1.55 bits per heavy atom. The third-order valence-electron chi connectivity index (χ3n) is 1.30. The number of rotatable bonds is 0. The van der Waals surface area contributed by atoms with Crippen molar-refractivity contribution < 1.29 is 0 Å². The molecule has 0 saturated carbocycles. The number of pyridine rings is 1. The molecule has 2 N–H and O–H groups in total. The highest BCUT2D eigenvalue weighted by Crippen LogP contribution is 1.73. The molecule has 11 heavy (non-hydrogen) atoms. The highest BCUT2D eigenvalue weighted by atomic mass is 15.1. The molecule has 60 valence electrons. The van der Waals surface area contributed by atoms with E-state index in [0.717, 1.165) is 19.8 Å². The van der Waals surface area contributed by atoms with E-state index in [1.54, 1.807) is 12.4 Å². The second-order valence-corrected chi connectivity index (χ2v) is 2.20. The van der Waals surface area contributed by atoms with E-state index in [1.807, 2.05) is 18.2 Å². The van der Waals surface area contributed by atoms with Crippen LogP contribution in [0.25, 0.3) is 0 Å². The molecule has 0 amide bonds. The summed E-state index contributed by atoms with van der Waals surface area (Å²) in [7, 11) is 0. The highest BCUT2D eigenvalue weighted by molar-refractivity contribution is 4.88. The molecule has 1 aromatic rings. The number of aromatic nitrogens is 1. The minimum Gasteiger partial charge on any atom is -0.303 e. The molecule has 0 unspecified atom stereocenters. The zero-order valence-electron chi connectivity index (χ0n) is 6.46. The summed E-state index contributed by atoms with van der Waals surface area (Å²) in [4.78, 5) is 3.78. The maximum Gasteiger partial charge on any atom is 0.0455 e. The van der Waals surface area contributed by atoms with Crippen LogP contribution in [0, 0.1) is 0 Å². The standard InChI is InChI=1S/C5H5N.C3H8N2/c1-2-4-6-5-3-1;1-2-5-3-4-1/h1-5H;4-5H,1-3H2. The Hall–Kier alpha value is -0.930. The van der Waals surface area contributed by atoms with Crippen molar-refractivity contribution in [2.45, 2.75) is 0 Å². The maximum atomic E-state index is 3.78. The van der Waals surface area contributed by atoms with E-state index < -0.39 is 0 Å². The van der Waals surface area contributed by atoms with Gasteiger partial charge in [-0.05, 0) is 12.1 Å². The number of hydrogen-bond donors (Lipinski definition) is 2. The fraction of sp³-hybridized carbons (Fsp3) is 0.375. The van der Waals surface area contributed by atoms with E-state index in [4.69, 9.17) is 0 Å². The topological polar surface area (TPSA) is 37.0 Å². The largest absolute Gasteiger partial charge is 0.303 e. The van der Waals surface area contributed by atoms with Gasteiger partial charge in [0.1, 0.15) is 0 Å². The lowest BCUT2D eigenvalue weighted by Crippen LogP contribution is -2.11. The molecule has 3 heteroatoms. The molecular weight excluding hydrogens is 138 g/mol. The molecule has 0 bridgehead atoms. The molecule has 0 aliphatic carbocycles. The van der Waals surface area contributed by atoms with Gasteiger partial charge in [-0.15, -0.1) is 0 Å². The fourth-order valence-corrected chi connectivity index (χ4v) is 0.755. The van der Waals surface area contributed by atoms with Crippen molar-refractivity contribution in [1.82, 2.24) is 15.6 Å². The first kappa shape index (κ1) is 8.17. The van der Waals surface area contributed by atoms with Gasteiger partial charge in [0.15, 0.2) is 0 Å². The van der Waals surface area contributed by atoms with Gasteiger partial charge in [0.2, 0.25) is 0 Å². The zero-order chi connectivity index (χ0) is 7.78. The van der Waals surface area contributed by atoms with Gasteiger partial charge in [0, 0.05) is 32.2 Å². The van der Waals surface area contributed by atoms with Gasteiger partial charge < -0.3 is 10.6 Å². The van der Waals surface area contributed by atoms with E-state index in [-0.39, 0.29) is 0 Å². The van der Waals surface area contributed by atoms with Crippen LogP contribution in [0.1, 0.15) is 0 Å². The molecule has 3 nitrogen and oxygen atoms in total. The summed E-state index contributed by atoms with van der Waals surface area (Å²) >= 11 is 0. The minimum absolute atomic E-state index is 1.00. The van der Waals surface area contributed by atoms with Crippen LogP contribution in [-0.4, -0.2) is 24.7 Å². The Kier molecular flexibility index (Phi) is 4.33. The van der Waals surface area contributed by atoms with Crippen LogP contribution < -0.4 is 10.6 Å². The normalized spacial score (nSPS) is 15.3. The molecule has 2 rings (SSSR count). The minimum atomic E-state index is 1.00. The van der Waals surface area contributed by atoms with E-state index in [1.165, 1.54) is 0 Å². The molecule has 0 radical (unpaired) electrons. The second kappa shape index (κ2) is 5.82.